The third-order valence-electron chi connectivity index (χ3n) is 2.43. The number of hydrogen-bond acceptors (Lipinski definition) is 2. The summed E-state index contributed by atoms with van der Waals surface area (Å²) < 4.78 is 0. The van der Waals surface area contributed by atoms with E-state index in [1.54, 1.807) is 6.07 Å². The van der Waals surface area contributed by atoms with E-state index in [1.807, 2.05) is 0 Å². The van der Waals surface area contributed by atoms with Crippen LogP contribution in [0, 0.1) is 0 Å². The zero-order valence-electron chi connectivity index (χ0n) is 9.12. The molecule has 0 saturated heterocycles. The van der Waals surface area contributed by atoms with Crippen LogP contribution in [0.15, 0.2) is 24.4 Å². The highest BCUT2D eigenvalue weighted by molar-refractivity contribution is 6.49. The van der Waals surface area contributed by atoms with Gasteiger partial charge in [0.1, 0.15) is 5.15 Å². The predicted molar refractivity (Wildman–Crippen MR) is 76.7 cm³/mol. The van der Waals surface area contributed by atoms with Crippen molar-refractivity contribution in [2.45, 2.75) is 0 Å². The third-order valence-corrected chi connectivity index (χ3v) is 3.93. The molecule has 0 fully saturated rings. The Hall–Kier alpha value is -1.000. The first-order valence-electron chi connectivity index (χ1n) is 4.94. The van der Waals surface area contributed by atoms with Crippen LogP contribution in [0.3, 0.4) is 0 Å². The number of halogens is 4. The Morgan fingerprint density at radius 2 is 1.74 bits per heavy atom. The van der Waals surface area contributed by atoms with Crippen LogP contribution in [0.5, 0.6) is 0 Å². The van der Waals surface area contributed by atoms with E-state index in [9.17, 15) is 9.90 Å². The lowest BCUT2D eigenvalue weighted by Crippen LogP contribution is -2.01. The first kappa shape index (κ1) is 14.4. The van der Waals surface area contributed by atoms with E-state index in [-0.39, 0.29) is 25.8 Å². The number of rotatable bonds is 2. The van der Waals surface area contributed by atoms with Crippen LogP contribution in [0.4, 0.5) is 0 Å². The number of benzene rings is 1. The molecule has 98 valence electrons. The van der Waals surface area contributed by atoms with Gasteiger partial charge in [0.25, 0.3) is 0 Å². The van der Waals surface area contributed by atoms with Gasteiger partial charge in [-0.15, -0.1) is 0 Å². The number of aromatic carboxylic acids is 1. The van der Waals surface area contributed by atoms with E-state index in [4.69, 9.17) is 46.4 Å². The van der Waals surface area contributed by atoms with Crippen LogP contribution in [0.1, 0.15) is 10.4 Å². The maximum atomic E-state index is 11.2. The smallest absolute Gasteiger partial charge is 0.336 e. The summed E-state index contributed by atoms with van der Waals surface area (Å²) in [6.07, 6.45) is 1.33. The number of carboxylic acid groups (broad SMARTS) is 1. The third kappa shape index (κ3) is 2.79. The maximum absolute atomic E-state index is 11.2. The van der Waals surface area contributed by atoms with Crippen molar-refractivity contribution in [3.05, 3.63) is 50.2 Å². The van der Waals surface area contributed by atoms with E-state index in [1.165, 1.54) is 18.3 Å². The molecule has 1 N–H and O–H groups in total. The minimum Gasteiger partial charge on any atom is -0.478 e. The van der Waals surface area contributed by atoms with E-state index in [0.29, 0.717) is 11.1 Å². The highest BCUT2D eigenvalue weighted by Crippen LogP contribution is 2.39. The van der Waals surface area contributed by atoms with Gasteiger partial charge in [-0.1, -0.05) is 52.5 Å². The zero-order chi connectivity index (χ0) is 14.2. The van der Waals surface area contributed by atoms with Crippen molar-refractivity contribution in [3.63, 3.8) is 0 Å². The molecule has 1 aromatic carbocycles. The second kappa shape index (κ2) is 5.55. The molecule has 2 aromatic rings. The fourth-order valence-electron chi connectivity index (χ4n) is 1.56. The van der Waals surface area contributed by atoms with Gasteiger partial charge in [-0.3, -0.25) is 0 Å². The first-order chi connectivity index (χ1) is 8.91. The molecule has 19 heavy (non-hydrogen) atoms. The number of carboxylic acids is 1. The van der Waals surface area contributed by atoms with Crippen molar-refractivity contribution in [1.82, 2.24) is 4.98 Å². The van der Waals surface area contributed by atoms with Gasteiger partial charge >= 0.3 is 5.97 Å². The standard InChI is InChI=1S/C12H5Cl4NO2/c13-8-2-1-5(10(15)11(8)16)7-4-17-9(14)3-6(7)12(18)19/h1-4H,(H,18,19). The molecule has 0 radical (unpaired) electrons. The molecule has 0 atom stereocenters. The second-order valence-corrected chi connectivity index (χ2v) is 5.13. The predicted octanol–water partition coefficient (Wildman–Crippen LogP) is 5.06. The highest BCUT2D eigenvalue weighted by atomic mass is 35.5. The molecular weight excluding hydrogens is 332 g/mol. The summed E-state index contributed by atoms with van der Waals surface area (Å²) in [6, 6.07) is 4.36. The van der Waals surface area contributed by atoms with Crippen molar-refractivity contribution in [2.24, 2.45) is 0 Å². The second-order valence-electron chi connectivity index (χ2n) is 3.58. The van der Waals surface area contributed by atoms with Crippen LogP contribution in [-0.2, 0) is 0 Å². The summed E-state index contributed by atoms with van der Waals surface area (Å²) in [5, 5.41) is 9.87. The monoisotopic (exact) mass is 335 g/mol. The molecule has 1 aromatic heterocycles. The van der Waals surface area contributed by atoms with Gasteiger partial charge in [0.05, 0.1) is 20.6 Å². The summed E-state index contributed by atoms with van der Waals surface area (Å²) in [6.45, 7) is 0. The molecule has 0 aliphatic rings. The van der Waals surface area contributed by atoms with Crippen molar-refractivity contribution in [3.8, 4) is 11.1 Å². The average molecular weight is 337 g/mol. The quantitative estimate of drug-likeness (QED) is 0.616. The van der Waals surface area contributed by atoms with Gasteiger partial charge < -0.3 is 5.11 Å². The Balaban J connectivity index is 2.72. The lowest BCUT2D eigenvalue weighted by atomic mass is 10.0. The van der Waals surface area contributed by atoms with E-state index in [2.05, 4.69) is 4.98 Å². The SMILES string of the molecule is O=C(O)c1cc(Cl)ncc1-c1ccc(Cl)c(Cl)c1Cl. The molecule has 1 heterocycles. The van der Waals surface area contributed by atoms with Crippen LogP contribution < -0.4 is 0 Å². The number of pyridine rings is 1. The topological polar surface area (TPSA) is 50.2 Å². The Bertz CT molecular complexity index is 673. The van der Waals surface area contributed by atoms with Crippen molar-refractivity contribution in [2.75, 3.05) is 0 Å². The largest absolute Gasteiger partial charge is 0.478 e. The minimum absolute atomic E-state index is 0.0136. The van der Waals surface area contributed by atoms with Gasteiger partial charge in [0.2, 0.25) is 0 Å². The highest BCUT2D eigenvalue weighted by Gasteiger charge is 2.17. The maximum Gasteiger partial charge on any atom is 0.336 e. The normalized spacial score (nSPS) is 10.5. The summed E-state index contributed by atoms with van der Waals surface area (Å²) >= 11 is 23.5. The summed E-state index contributed by atoms with van der Waals surface area (Å²) in [7, 11) is 0. The Morgan fingerprint density at radius 3 is 2.37 bits per heavy atom. The van der Waals surface area contributed by atoms with Crippen LogP contribution in [0.25, 0.3) is 11.1 Å². The van der Waals surface area contributed by atoms with Crippen LogP contribution in [0.2, 0.25) is 20.2 Å². The van der Waals surface area contributed by atoms with E-state index < -0.39 is 5.97 Å². The molecule has 2 rings (SSSR count). The van der Waals surface area contributed by atoms with E-state index >= 15 is 0 Å². The summed E-state index contributed by atoms with van der Waals surface area (Å²) in [4.78, 5) is 15.1. The van der Waals surface area contributed by atoms with Gasteiger partial charge in [0.15, 0.2) is 0 Å². The molecule has 0 saturated carbocycles. The lowest BCUT2D eigenvalue weighted by Gasteiger charge is -2.10. The summed E-state index contributed by atoms with van der Waals surface area (Å²) in [5.74, 6) is -1.14. The van der Waals surface area contributed by atoms with Gasteiger partial charge in [-0.05, 0) is 12.1 Å². The van der Waals surface area contributed by atoms with Gasteiger partial charge in [-0.25, -0.2) is 9.78 Å². The van der Waals surface area contributed by atoms with E-state index in [0.717, 1.165) is 0 Å². The number of nitrogens with zero attached hydrogens (tertiary/aromatic N) is 1. The minimum atomic E-state index is -1.14. The average Bonchev–Trinajstić information content (AvgIpc) is 2.37. The molecule has 0 unspecified atom stereocenters. The Kier molecular flexibility index (Phi) is 4.21. The number of aromatic nitrogens is 1. The molecular formula is C12H5Cl4NO2. The van der Waals surface area contributed by atoms with Crippen molar-refractivity contribution in [1.29, 1.82) is 0 Å². The van der Waals surface area contributed by atoms with Crippen LogP contribution >= 0.6 is 46.4 Å². The molecule has 7 heteroatoms. The number of hydrogen-bond donors (Lipinski definition) is 1. The molecule has 0 aliphatic heterocycles. The molecule has 0 bridgehead atoms. The Labute approximate surface area is 128 Å². The Morgan fingerprint density at radius 1 is 1.05 bits per heavy atom. The molecule has 0 spiro atoms. The molecule has 0 aliphatic carbocycles. The summed E-state index contributed by atoms with van der Waals surface area (Å²) in [5.41, 5.74) is 0.735. The number of carbonyl (C=O) groups is 1. The van der Waals surface area contributed by atoms with Gasteiger partial charge in [-0.2, -0.15) is 0 Å². The molecule has 0 amide bonds. The zero-order valence-corrected chi connectivity index (χ0v) is 12.1. The molecule has 3 nitrogen and oxygen atoms in total. The van der Waals surface area contributed by atoms with Gasteiger partial charge in [0, 0.05) is 17.3 Å². The van der Waals surface area contributed by atoms with Crippen LogP contribution in [-0.4, -0.2) is 16.1 Å². The lowest BCUT2D eigenvalue weighted by molar-refractivity contribution is 0.0697. The van der Waals surface area contributed by atoms with Crippen molar-refractivity contribution >= 4 is 52.4 Å². The fourth-order valence-corrected chi connectivity index (χ4v) is 2.35. The van der Waals surface area contributed by atoms with Crippen molar-refractivity contribution < 1.29 is 9.90 Å². The fraction of sp³-hybridized carbons (Fsp3) is 0. The first-order valence-corrected chi connectivity index (χ1v) is 6.45.